The molecule has 0 saturated carbocycles. The fourth-order valence-corrected chi connectivity index (χ4v) is 3.95. The van der Waals surface area contributed by atoms with Gasteiger partial charge in [-0.25, -0.2) is 9.37 Å². The van der Waals surface area contributed by atoms with Crippen LogP contribution in [-0.4, -0.2) is 43.2 Å². The molecule has 1 N–H and O–H groups in total. The van der Waals surface area contributed by atoms with Crippen molar-refractivity contribution in [3.63, 3.8) is 0 Å². The van der Waals surface area contributed by atoms with E-state index in [4.69, 9.17) is 5.26 Å². The maximum absolute atomic E-state index is 14.6. The van der Waals surface area contributed by atoms with Crippen LogP contribution in [-0.2, 0) is 12.1 Å². The second-order valence-electron chi connectivity index (χ2n) is 8.29. The van der Waals surface area contributed by atoms with Crippen molar-refractivity contribution in [3.05, 3.63) is 71.2 Å². The number of amides is 1. The summed E-state index contributed by atoms with van der Waals surface area (Å²) >= 11 is 0. The Bertz CT molecular complexity index is 1290. The van der Waals surface area contributed by atoms with Gasteiger partial charge in [-0.3, -0.25) is 9.78 Å². The first-order valence-corrected chi connectivity index (χ1v) is 10.2. The summed E-state index contributed by atoms with van der Waals surface area (Å²) in [5.41, 5.74) is -1.78. The third kappa shape index (κ3) is 3.90. The first-order chi connectivity index (χ1) is 15.9. The Morgan fingerprint density at radius 3 is 2.50 bits per heavy atom. The van der Waals surface area contributed by atoms with Gasteiger partial charge in [-0.1, -0.05) is 12.1 Å². The lowest BCUT2D eigenvalue weighted by Crippen LogP contribution is -2.45. The minimum Gasteiger partial charge on any atom is -0.374 e. The molecule has 0 spiro atoms. The summed E-state index contributed by atoms with van der Waals surface area (Å²) < 4.78 is 55.9. The summed E-state index contributed by atoms with van der Waals surface area (Å²) in [6, 6.07) is 9.04. The quantitative estimate of drug-likeness (QED) is 0.582. The Kier molecular flexibility index (Phi) is 5.65. The first-order valence-electron chi connectivity index (χ1n) is 10.2. The molecule has 3 heterocycles. The van der Waals surface area contributed by atoms with E-state index in [1.807, 2.05) is 6.07 Å². The number of aliphatic hydroxyl groups is 1. The van der Waals surface area contributed by atoms with E-state index >= 15 is 0 Å². The zero-order chi connectivity index (χ0) is 24.8. The standard InChI is InChI=1S/C23H19F4N5O2/c1-13-11-31(12-16-9-30-21(32(13)16)22(2,34)23(25,26)27)20(33)17-7-19(29-10-18(17)24)15-5-3-14(8-28)4-6-15/h3-7,9-10,13,34H,11-12H2,1-2H3/t13-,22+/m0/s1. The molecule has 3 aromatic rings. The number of aromatic nitrogens is 3. The smallest absolute Gasteiger partial charge is 0.374 e. The molecule has 0 saturated heterocycles. The fraction of sp³-hybridized carbons (Fsp3) is 0.304. The van der Waals surface area contributed by atoms with Crippen molar-refractivity contribution in [2.45, 2.75) is 38.2 Å². The van der Waals surface area contributed by atoms with Crippen LogP contribution in [0.15, 0.2) is 42.7 Å². The number of benzene rings is 1. The fourth-order valence-electron chi connectivity index (χ4n) is 3.95. The molecule has 1 aliphatic heterocycles. The van der Waals surface area contributed by atoms with Crippen molar-refractivity contribution < 1.29 is 27.5 Å². The Morgan fingerprint density at radius 1 is 1.21 bits per heavy atom. The number of alkyl halides is 3. The SMILES string of the molecule is C[C@H]1CN(C(=O)c2cc(-c3ccc(C#N)cc3)ncc2F)Cc2cnc([C@@](C)(O)C(F)(F)F)n21. The first kappa shape index (κ1) is 23.4. The monoisotopic (exact) mass is 473 g/mol. The average molecular weight is 473 g/mol. The summed E-state index contributed by atoms with van der Waals surface area (Å²) in [6.07, 6.45) is -2.84. The maximum atomic E-state index is 14.6. The molecule has 1 aromatic carbocycles. The second-order valence-corrected chi connectivity index (χ2v) is 8.29. The van der Waals surface area contributed by atoms with Crippen molar-refractivity contribution in [1.82, 2.24) is 19.4 Å². The van der Waals surface area contributed by atoms with E-state index in [2.05, 4.69) is 9.97 Å². The van der Waals surface area contributed by atoms with Gasteiger partial charge in [0, 0.05) is 12.1 Å². The summed E-state index contributed by atoms with van der Waals surface area (Å²) in [7, 11) is 0. The van der Waals surface area contributed by atoms with Gasteiger partial charge in [-0.05, 0) is 32.0 Å². The topological polar surface area (TPSA) is 95.0 Å². The molecule has 7 nitrogen and oxygen atoms in total. The lowest BCUT2D eigenvalue weighted by molar-refractivity contribution is -0.263. The third-order valence-corrected chi connectivity index (χ3v) is 5.82. The summed E-state index contributed by atoms with van der Waals surface area (Å²) in [5.74, 6) is -2.05. The highest BCUT2D eigenvalue weighted by Gasteiger charge is 2.55. The normalized spacial score (nSPS) is 17.6. The van der Waals surface area contributed by atoms with Gasteiger partial charge in [-0.2, -0.15) is 18.4 Å². The van der Waals surface area contributed by atoms with E-state index in [0.717, 1.165) is 6.20 Å². The number of nitrogens with zero attached hydrogens (tertiary/aromatic N) is 5. The largest absolute Gasteiger partial charge is 0.424 e. The van der Waals surface area contributed by atoms with Gasteiger partial charge in [0.25, 0.3) is 5.91 Å². The van der Waals surface area contributed by atoms with Gasteiger partial charge < -0.3 is 14.6 Å². The lowest BCUT2D eigenvalue weighted by Gasteiger charge is -2.36. The van der Waals surface area contributed by atoms with Crippen LogP contribution in [0.3, 0.4) is 0 Å². The molecule has 0 unspecified atom stereocenters. The number of hydrogen-bond acceptors (Lipinski definition) is 5. The number of fused-ring (bicyclic) bond motifs is 1. The number of carbonyl (C=O) groups excluding carboxylic acids is 1. The average Bonchev–Trinajstić information content (AvgIpc) is 3.24. The highest BCUT2D eigenvalue weighted by Crippen LogP contribution is 2.40. The predicted molar refractivity (Wildman–Crippen MR) is 112 cm³/mol. The van der Waals surface area contributed by atoms with Gasteiger partial charge >= 0.3 is 6.18 Å². The van der Waals surface area contributed by atoms with E-state index < -0.39 is 35.4 Å². The minimum atomic E-state index is -4.94. The van der Waals surface area contributed by atoms with Crippen molar-refractivity contribution in [3.8, 4) is 17.3 Å². The number of rotatable bonds is 3. The van der Waals surface area contributed by atoms with E-state index in [0.29, 0.717) is 23.7 Å². The van der Waals surface area contributed by atoms with E-state index in [1.165, 1.54) is 21.7 Å². The molecule has 11 heteroatoms. The van der Waals surface area contributed by atoms with Crippen LogP contribution < -0.4 is 0 Å². The maximum Gasteiger partial charge on any atom is 0.424 e. The molecular formula is C23H19F4N5O2. The molecule has 0 aliphatic carbocycles. The highest BCUT2D eigenvalue weighted by atomic mass is 19.4. The van der Waals surface area contributed by atoms with E-state index in [-0.39, 0.29) is 24.3 Å². The van der Waals surface area contributed by atoms with Gasteiger partial charge in [0.1, 0.15) is 0 Å². The number of hydrogen-bond donors (Lipinski definition) is 1. The minimum absolute atomic E-state index is 0.0168. The summed E-state index contributed by atoms with van der Waals surface area (Å²) in [4.78, 5) is 22.3. The molecule has 2 atom stereocenters. The van der Waals surface area contributed by atoms with Crippen molar-refractivity contribution >= 4 is 5.91 Å². The van der Waals surface area contributed by atoms with Crippen LogP contribution in [0.2, 0.25) is 0 Å². The van der Waals surface area contributed by atoms with Crippen LogP contribution in [0, 0.1) is 17.1 Å². The molecule has 176 valence electrons. The number of imidazole rings is 1. The Hall–Kier alpha value is -3.78. The number of halogens is 4. The molecule has 0 bridgehead atoms. The van der Waals surface area contributed by atoms with Crippen LogP contribution in [0.1, 0.15) is 47.3 Å². The van der Waals surface area contributed by atoms with Crippen LogP contribution in [0.25, 0.3) is 11.3 Å². The van der Waals surface area contributed by atoms with Gasteiger partial charge in [0.05, 0.1) is 53.6 Å². The lowest BCUT2D eigenvalue weighted by atomic mass is 10.0. The number of pyridine rings is 1. The predicted octanol–water partition coefficient (Wildman–Crippen LogP) is 3.94. The Morgan fingerprint density at radius 2 is 1.88 bits per heavy atom. The van der Waals surface area contributed by atoms with Gasteiger partial charge in [0.2, 0.25) is 5.60 Å². The van der Waals surface area contributed by atoms with E-state index in [9.17, 15) is 27.5 Å². The molecule has 4 rings (SSSR count). The molecule has 2 aromatic heterocycles. The third-order valence-electron chi connectivity index (χ3n) is 5.82. The summed E-state index contributed by atoms with van der Waals surface area (Å²) in [6.45, 7) is 2.09. The molecule has 0 fully saturated rings. The molecule has 1 aliphatic rings. The van der Waals surface area contributed by atoms with Crippen LogP contribution >= 0.6 is 0 Å². The molecule has 1 amide bonds. The van der Waals surface area contributed by atoms with Gasteiger partial charge in [0.15, 0.2) is 11.6 Å². The summed E-state index contributed by atoms with van der Waals surface area (Å²) in [5, 5.41) is 19.0. The van der Waals surface area contributed by atoms with E-state index in [1.54, 1.807) is 31.2 Å². The zero-order valence-electron chi connectivity index (χ0n) is 18.1. The number of carbonyl (C=O) groups is 1. The number of nitriles is 1. The Balaban J connectivity index is 1.64. The van der Waals surface area contributed by atoms with Crippen LogP contribution in [0.5, 0.6) is 0 Å². The van der Waals surface area contributed by atoms with Gasteiger partial charge in [-0.15, -0.1) is 0 Å². The molecule has 34 heavy (non-hydrogen) atoms. The molecular weight excluding hydrogens is 454 g/mol. The highest BCUT2D eigenvalue weighted by molar-refractivity contribution is 5.95. The zero-order valence-corrected chi connectivity index (χ0v) is 18.1. The second kappa shape index (κ2) is 8.22. The van der Waals surface area contributed by atoms with Crippen molar-refractivity contribution in [1.29, 1.82) is 5.26 Å². The Labute approximate surface area is 191 Å². The molecule has 0 radical (unpaired) electrons. The van der Waals surface area contributed by atoms with Crippen molar-refractivity contribution in [2.75, 3.05) is 6.54 Å². The van der Waals surface area contributed by atoms with Crippen molar-refractivity contribution in [2.24, 2.45) is 0 Å². The van der Waals surface area contributed by atoms with Crippen LogP contribution in [0.4, 0.5) is 17.6 Å².